The van der Waals surface area contributed by atoms with Gasteiger partial charge >= 0.3 is 0 Å². The number of unbranched alkanes of at least 4 members (excludes halogenated alkanes) is 1. The van der Waals surface area contributed by atoms with Gasteiger partial charge < -0.3 is 10.0 Å². The molecule has 5 nitrogen and oxygen atoms in total. The summed E-state index contributed by atoms with van der Waals surface area (Å²) in [5.41, 5.74) is 0.935. The van der Waals surface area contributed by atoms with Crippen molar-refractivity contribution in [1.82, 2.24) is 0 Å². The van der Waals surface area contributed by atoms with E-state index in [0.29, 0.717) is 0 Å². The van der Waals surface area contributed by atoms with Crippen LogP contribution >= 0.6 is 0 Å². The fraction of sp³-hybridized carbons (Fsp3) is 0.538. The number of hydrogen-bond donors (Lipinski definition) is 2. The molecule has 0 heterocycles. The Morgan fingerprint density at radius 1 is 1.26 bits per heavy atom. The fourth-order valence-corrected chi connectivity index (χ4v) is 2.46. The molecule has 1 rings (SSSR count). The Morgan fingerprint density at radius 2 is 1.89 bits per heavy atom. The smallest absolute Gasteiger partial charge is 0.267 e. The molecule has 1 aromatic carbocycles. The van der Waals surface area contributed by atoms with Crippen LogP contribution in [-0.2, 0) is 10.1 Å². The Kier molecular flexibility index (Phi) is 6.27. The molecule has 108 valence electrons. The van der Waals surface area contributed by atoms with E-state index in [2.05, 4.69) is 6.92 Å². The third-order valence-corrected chi connectivity index (χ3v) is 3.54. The summed E-state index contributed by atoms with van der Waals surface area (Å²) in [5, 5.41) is 9.74. The summed E-state index contributed by atoms with van der Waals surface area (Å²) >= 11 is 0. The first kappa shape index (κ1) is 15.9. The third kappa shape index (κ3) is 6.56. The summed E-state index contributed by atoms with van der Waals surface area (Å²) in [6.07, 6.45) is 0.859. The normalized spacial score (nSPS) is 13.2. The summed E-state index contributed by atoms with van der Waals surface area (Å²) in [6.45, 7) is 2.99. The van der Waals surface area contributed by atoms with Crippen LogP contribution in [0.25, 0.3) is 0 Å². The first-order valence-corrected chi connectivity index (χ1v) is 7.96. The summed E-state index contributed by atoms with van der Waals surface area (Å²) < 4.78 is 30.2. The van der Waals surface area contributed by atoms with Gasteiger partial charge in [0.15, 0.2) is 0 Å². The van der Waals surface area contributed by atoms with Crippen LogP contribution in [0.15, 0.2) is 30.3 Å². The van der Waals surface area contributed by atoms with E-state index < -0.39 is 22.0 Å². The van der Waals surface area contributed by atoms with Crippen LogP contribution in [0.3, 0.4) is 0 Å². The van der Waals surface area contributed by atoms with E-state index in [-0.39, 0.29) is 6.54 Å². The van der Waals surface area contributed by atoms with Crippen molar-refractivity contribution in [3.05, 3.63) is 30.3 Å². The summed E-state index contributed by atoms with van der Waals surface area (Å²) in [6, 6.07) is 9.51. The summed E-state index contributed by atoms with van der Waals surface area (Å²) in [5.74, 6) is -0.636. The zero-order valence-electron chi connectivity index (χ0n) is 11.1. The predicted octanol–water partition coefficient (Wildman–Crippen LogP) is 1.54. The maximum atomic E-state index is 10.8. The monoisotopic (exact) mass is 287 g/mol. The number of hydrogen-bond acceptors (Lipinski definition) is 4. The van der Waals surface area contributed by atoms with E-state index in [1.807, 2.05) is 35.2 Å². The van der Waals surface area contributed by atoms with E-state index in [1.54, 1.807) is 0 Å². The highest BCUT2D eigenvalue weighted by atomic mass is 32.2. The Morgan fingerprint density at radius 3 is 2.42 bits per heavy atom. The minimum absolute atomic E-state index is 0.184. The molecule has 2 N–H and O–H groups in total. The molecule has 0 aliphatic heterocycles. The first-order chi connectivity index (χ1) is 8.92. The standard InChI is InChI=1S/C13H21NO4S/c1-2-3-9-14(12-7-5-4-6-8-12)10-13(15)11-19(16,17)18/h4-8,13,15H,2-3,9-11H2,1H3,(H,16,17,18). The molecular formula is C13H21NO4S. The number of para-hydroxylation sites is 1. The lowest BCUT2D eigenvalue weighted by Crippen LogP contribution is -2.36. The van der Waals surface area contributed by atoms with Gasteiger partial charge in [-0.05, 0) is 18.6 Å². The highest BCUT2D eigenvalue weighted by Gasteiger charge is 2.17. The Bertz CT molecular complexity index is 461. The Balaban J connectivity index is 2.70. The second-order valence-corrected chi connectivity index (χ2v) is 6.03. The minimum atomic E-state index is -4.15. The molecule has 1 aromatic rings. The molecular weight excluding hydrogens is 266 g/mol. The van der Waals surface area contributed by atoms with Gasteiger partial charge in [0.05, 0.1) is 6.10 Å². The van der Waals surface area contributed by atoms with Crippen LogP contribution in [0.1, 0.15) is 19.8 Å². The van der Waals surface area contributed by atoms with Crippen LogP contribution in [0, 0.1) is 0 Å². The molecule has 0 aliphatic carbocycles. The van der Waals surface area contributed by atoms with Gasteiger partial charge in [-0.2, -0.15) is 8.42 Å². The summed E-state index contributed by atoms with van der Waals surface area (Å²) in [7, 11) is -4.15. The second kappa shape index (κ2) is 7.47. The lowest BCUT2D eigenvalue weighted by atomic mass is 10.2. The molecule has 0 radical (unpaired) electrons. The minimum Gasteiger partial charge on any atom is -0.390 e. The van der Waals surface area contributed by atoms with Crippen LogP contribution in [0.2, 0.25) is 0 Å². The quantitative estimate of drug-likeness (QED) is 0.709. The first-order valence-electron chi connectivity index (χ1n) is 6.35. The number of rotatable bonds is 8. The third-order valence-electron chi connectivity index (χ3n) is 2.74. The van der Waals surface area contributed by atoms with Crippen LogP contribution < -0.4 is 4.90 Å². The van der Waals surface area contributed by atoms with Crippen molar-refractivity contribution in [1.29, 1.82) is 0 Å². The van der Waals surface area contributed by atoms with Crippen LogP contribution in [0.4, 0.5) is 5.69 Å². The second-order valence-electron chi connectivity index (χ2n) is 4.54. The summed E-state index contributed by atoms with van der Waals surface area (Å²) in [4.78, 5) is 1.93. The molecule has 0 saturated carbocycles. The average Bonchev–Trinajstić information content (AvgIpc) is 2.33. The molecule has 0 bridgehead atoms. The topological polar surface area (TPSA) is 77.8 Å². The van der Waals surface area contributed by atoms with E-state index >= 15 is 0 Å². The molecule has 0 aromatic heterocycles. The van der Waals surface area contributed by atoms with Gasteiger partial charge in [-0.15, -0.1) is 0 Å². The van der Waals surface area contributed by atoms with Crippen LogP contribution in [0.5, 0.6) is 0 Å². The molecule has 0 amide bonds. The maximum absolute atomic E-state index is 10.8. The van der Waals surface area contributed by atoms with E-state index in [9.17, 15) is 13.5 Å². The van der Waals surface area contributed by atoms with Crippen molar-refractivity contribution in [3.63, 3.8) is 0 Å². The van der Waals surface area contributed by atoms with Gasteiger partial charge in [-0.3, -0.25) is 4.55 Å². The Hall–Kier alpha value is -1.11. The van der Waals surface area contributed by atoms with Crippen molar-refractivity contribution in [2.75, 3.05) is 23.7 Å². The maximum Gasteiger partial charge on any atom is 0.267 e. The molecule has 0 spiro atoms. The number of benzene rings is 1. The van der Waals surface area contributed by atoms with E-state index in [0.717, 1.165) is 25.1 Å². The van der Waals surface area contributed by atoms with Crippen molar-refractivity contribution < 1.29 is 18.1 Å². The average molecular weight is 287 g/mol. The van der Waals surface area contributed by atoms with E-state index in [4.69, 9.17) is 4.55 Å². The number of anilines is 1. The lowest BCUT2D eigenvalue weighted by molar-refractivity contribution is 0.199. The van der Waals surface area contributed by atoms with Gasteiger partial charge in [0.1, 0.15) is 5.75 Å². The molecule has 0 aliphatic rings. The van der Waals surface area contributed by atoms with Gasteiger partial charge in [0.2, 0.25) is 0 Å². The Labute approximate surface area is 114 Å². The molecule has 1 atom stereocenters. The zero-order chi connectivity index (χ0) is 14.3. The van der Waals surface area contributed by atoms with Gasteiger partial charge in [0, 0.05) is 18.8 Å². The lowest BCUT2D eigenvalue weighted by Gasteiger charge is -2.26. The van der Waals surface area contributed by atoms with Gasteiger partial charge in [-0.1, -0.05) is 31.5 Å². The SMILES string of the molecule is CCCCN(CC(O)CS(=O)(=O)O)c1ccccc1. The highest BCUT2D eigenvalue weighted by molar-refractivity contribution is 7.85. The van der Waals surface area contributed by atoms with Crippen LogP contribution in [-0.4, -0.2) is 43.0 Å². The van der Waals surface area contributed by atoms with E-state index in [1.165, 1.54) is 0 Å². The van der Waals surface area contributed by atoms with Crippen molar-refractivity contribution >= 4 is 15.8 Å². The van der Waals surface area contributed by atoms with Crippen molar-refractivity contribution in [2.24, 2.45) is 0 Å². The predicted molar refractivity (Wildman–Crippen MR) is 76.0 cm³/mol. The van der Waals surface area contributed by atoms with Gasteiger partial charge in [0.25, 0.3) is 10.1 Å². The molecule has 1 unspecified atom stereocenters. The number of aliphatic hydroxyl groups excluding tert-OH is 1. The van der Waals surface area contributed by atoms with Crippen molar-refractivity contribution in [3.8, 4) is 0 Å². The molecule has 0 saturated heterocycles. The van der Waals surface area contributed by atoms with Crippen molar-refractivity contribution in [2.45, 2.75) is 25.9 Å². The molecule has 6 heteroatoms. The molecule has 19 heavy (non-hydrogen) atoms. The number of nitrogens with zero attached hydrogens (tertiary/aromatic N) is 1. The molecule has 0 fully saturated rings. The zero-order valence-corrected chi connectivity index (χ0v) is 11.9. The van der Waals surface area contributed by atoms with Gasteiger partial charge in [-0.25, -0.2) is 0 Å². The largest absolute Gasteiger partial charge is 0.390 e. The highest BCUT2D eigenvalue weighted by Crippen LogP contribution is 2.14. The fourth-order valence-electron chi connectivity index (χ4n) is 1.86. The number of aliphatic hydroxyl groups is 1.